The van der Waals surface area contributed by atoms with E-state index in [1.807, 2.05) is 0 Å². The molecule has 0 aliphatic carbocycles. The Morgan fingerprint density at radius 3 is 2.50 bits per heavy atom. The van der Waals surface area contributed by atoms with E-state index in [0.29, 0.717) is 44.4 Å². The highest BCUT2D eigenvalue weighted by molar-refractivity contribution is 6.31. The summed E-state index contributed by atoms with van der Waals surface area (Å²) < 4.78 is 44.4. The van der Waals surface area contributed by atoms with Crippen molar-refractivity contribution in [3.05, 3.63) is 75.6 Å². The topological polar surface area (TPSA) is 81.5 Å². The number of carbonyl (C=O) groups excluding carboxylic acids is 1. The normalized spacial score (nSPS) is 15.8. The minimum Gasteiger partial charge on any atom is -0.370 e. The van der Waals surface area contributed by atoms with Crippen LogP contribution < -0.4 is 5.73 Å². The average molecular weight is 434 g/mol. The Morgan fingerprint density at radius 1 is 1.17 bits per heavy atom. The van der Waals surface area contributed by atoms with Gasteiger partial charge in [-0.1, -0.05) is 35.0 Å². The molecule has 30 heavy (non-hydrogen) atoms. The van der Waals surface area contributed by atoms with Crippen LogP contribution in [0.15, 0.2) is 52.0 Å². The van der Waals surface area contributed by atoms with Crippen LogP contribution in [0.1, 0.15) is 40.6 Å². The van der Waals surface area contributed by atoms with Gasteiger partial charge in [0.25, 0.3) is 0 Å². The molecule has 1 atom stereocenters. The van der Waals surface area contributed by atoms with Gasteiger partial charge < -0.3 is 10.3 Å². The Kier molecular flexibility index (Phi) is 4.89. The molecule has 0 spiro atoms. The van der Waals surface area contributed by atoms with Crippen molar-refractivity contribution in [2.45, 2.75) is 25.6 Å². The Morgan fingerprint density at radius 2 is 1.87 bits per heavy atom. The summed E-state index contributed by atoms with van der Waals surface area (Å²) in [6.07, 6.45) is -4.60. The maximum absolute atomic E-state index is 13.0. The lowest BCUT2D eigenvalue weighted by Gasteiger charge is -2.13. The first-order chi connectivity index (χ1) is 14.1. The summed E-state index contributed by atoms with van der Waals surface area (Å²) in [5.41, 5.74) is 8.02. The van der Waals surface area contributed by atoms with Gasteiger partial charge in [0.2, 0.25) is 5.91 Å². The lowest BCUT2D eigenvalue weighted by molar-refractivity contribution is -0.137. The molecule has 2 N–H and O–H groups in total. The number of hydrogen-bond acceptors (Lipinski definition) is 4. The Bertz CT molecular complexity index is 1170. The number of aromatic nitrogens is 1. The highest BCUT2D eigenvalue weighted by Gasteiger charge is 2.33. The molecule has 0 bridgehead atoms. The largest absolute Gasteiger partial charge is 0.416 e. The maximum atomic E-state index is 13.0. The molecular weight excluding hydrogens is 419 g/mol. The molecule has 0 saturated heterocycles. The van der Waals surface area contributed by atoms with Crippen molar-refractivity contribution in [3.63, 3.8) is 0 Å². The van der Waals surface area contributed by atoms with Crippen LogP contribution in [0.4, 0.5) is 13.2 Å². The number of aliphatic imine (C=N–C) groups is 1. The van der Waals surface area contributed by atoms with Crippen molar-refractivity contribution in [3.8, 4) is 11.1 Å². The van der Waals surface area contributed by atoms with E-state index in [0.717, 1.165) is 12.1 Å². The van der Waals surface area contributed by atoms with E-state index in [2.05, 4.69) is 10.1 Å². The molecule has 0 saturated carbocycles. The summed E-state index contributed by atoms with van der Waals surface area (Å²) in [4.78, 5) is 16.3. The van der Waals surface area contributed by atoms with Gasteiger partial charge in [-0.15, -0.1) is 0 Å². The predicted molar refractivity (Wildman–Crippen MR) is 105 cm³/mol. The second-order valence-corrected chi connectivity index (χ2v) is 7.37. The van der Waals surface area contributed by atoms with Gasteiger partial charge in [-0.05, 0) is 36.8 Å². The summed E-state index contributed by atoms with van der Waals surface area (Å²) in [7, 11) is 0. The first-order valence-electron chi connectivity index (χ1n) is 8.95. The van der Waals surface area contributed by atoms with Crippen LogP contribution in [0.5, 0.6) is 0 Å². The molecule has 1 aliphatic rings. The summed E-state index contributed by atoms with van der Waals surface area (Å²) in [6.45, 7) is 1.76. The van der Waals surface area contributed by atoms with E-state index in [1.165, 1.54) is 12.1 Å². The number of benzene rings is 2. The van der Waals surface area contributed by atoms with Gasteiger partial charge in [0.05, 0.1) is 29.0 Å². The third-order valence-electron chi connectivity index (χ3n) is 4.86. The van der Waals surface area contributed by atoms with Crippen LogP contribution in [0.2, 0.25) is 5.02 Å². The van der Waals surface area contributed by atoms with E-state index in [9.17, 15) is 18.0 Å². The molecular formula is C21H15ClF3N3O2. The van der Waals surface area contributed by atoms with Crippen molar-refractivity contribution < 1.29 is 22.5 Å². The fraction of sp³-hybridized carbons (Fsp3) is 0.190. The molecule has 0 unspecified atom stereocenters. The molecule has 0 radical (unpaired) electrons. The molecule has 1 aliphatic heterocycles. The molecule has 154 valence electrons. The number of halogens is 4. The summed E-state index contributed by atoms with van der Waals surface area (Å²) >= 11 is 6.21. The van der Waals surface area contributed by atoms with Crippen molar-refractivity contribution in [2.24, 2.45) is 10.7 Å². The van der Waals surface area contributed by atoms with Crippen LogP contribution in [0.3, 0.4) is 0 Å². The summed E-state index contributed by atoms with van der Waals surface area (Å²) in [6, 6.07) is 9.01. The van der Waals surface area contributed by atoms with E-state index in [1.54, 1.807) is 25.1 Å². The second kappa shape index (κ2) is 7.28. The number of primary amides is 1. The number of nitrogens with two attached hydrogens (primary N) is 1. The van der Waals surface area contributed by atoms with Crippen molar-refractivity contribution in [1.29, 1.82) is 0 Å². The van der Waals surface area contributed by atoms with Gasteiger partial charge in [-0.2, -0.15) is 13.2 Å². The number of hydrogen-bond donors (Lipinski definition) is 1. The van der Waals surface area contributed by atoms with Gasteiger partial charge in [-0.25, -0.2) is 0 Å². The quantitative estimate of drug-likeness (QED) is 0.624. The number of aryl methyl sites for hydroxylation is 1. The number of amides is 1. The van der Waals surface area contributed by atoms with E-state index < -0.39 is 23.7 Å². The van der Waals surface area contributed by atoms with Gasteiger partial charge in [-0.3, -0.25) is 9.79 Å². The van der Waals surface area contributed by atoms with Crippen LogP contribution in [0.25, 0.3) is 11.1 Å². The number of alkyl halides is 3. The van der Waals surface area contributed by atoms with E-state index >= 15 is 0 Å². The first kappa shape index (κ1) is 20.2. The number of fused-ring (bicyclic) bond motifs is 3. The minimum atomic E-state index is -4.45. The molecule has 1 amide bonds. The third kappa shape index (κ3) is 3.59. The lowest BCUT2D eigenvalue weighted by atomic mass is 9.92. The van der Waals surface area contributed by atoms with Crippen molar-refractivity contribution >= 4 is 23.2 Å². The van der Waals surface area contributed by atoms with Crippen LogP contribution in [0, 0.1) is 6.92 Å². The smallest absolute Gasteiger partial charge is 0.370 e. The zero-order chi connectivity index (χ0) is 21.6. The van der Waals surface area contributed by atoms with Gasteiger partial charge in [0.15, 0.2) is 5.76 Å². The predicted octanol–water partition coefficient (Wildman–Crippen LogP) is 5.09. The Hall–Kier alpha value is -3.13. The van der Waals surface area contributed by atoms with Gasteiger partial charge in [0.1, 0.15) is 6.04 Å². The van der Waals surface area contributed by atoms with Gasteiger partial charge >= 0.3 is 6.18 Å². The zero-order valence-corrected chi connectivity index (χ0v) is 16.4. The molecule has 2 heterocycles. The average Bonchev–Trinajstić information content (AvgIpc) is 2.99. The molecule has 4 rings (SSSR count). The van der Waals surface area contributed by atoms with Gasteiger partial charge in [0, 0.05) is 16.1 Å². The maximum Gasteiger partial charge on any atom is 0.416 e. The van der Waals surface area contributed by atoms with E-state index in [4.69, 9.17) is 21.9 Å². The molecule has 1 aromatic heterocycles. The summed E-state index contributed by atoms with van der Waals surface area (Å²) in [5.74, 6) is -0.226. The second-order valence-electron chi connectivity index (χ2n) is 6.94. The molecule has 3 aromatic rings. The monoisotopic (exact) mass is 433 g/mol. The molecule has 0 fully saturated rings. The Balaban J connectivity index is 1.96. The highest BCUT2D eigenvalue weighted by Crippen LogP contribution is 2.41. The van der Waals surface area contributed by atoms with E-state index in [-0.39, 0.29) is 6.42 Å². The first-order valence-corrected chi connectivity index (χ1v) is 9.33. The Labute approximate surface area is 174 Å². The minimum absolute atomic E-state index is 0.145. The standard InChI is InChI=1S/C21H15ClF3N3O2/c1-10-18-14-7-6-13(22)8-15(14)19(11-2-4-12(5-3-11)21(23,24)25)27-16(9-17(26)29)20(18)30-28-10/h2-8,16H,9H2,1H3,(H2,26,29)/t16-/m0/s1. The SMILES string of the molecule is Cc1noc2c1-c1ccc(Cl)cc1C(c1ccc(C(F)(F)F)cc1)=N[C@H]2CC(N)=O. The van der Waals surface area contributed by atoms with Crippen molar-refractivity contribution in [1.82, 2.24) is 5.16 Å². The summed E-state index contributed by atoms with van der Waals surface area (Å²) in [5, 5.41) is 4.43. The third-order valence-corrected chi connectivity index (χ3v) is 5.10. The number of nitrogens with zero attached hydrogens (tertiary/aromatic N) is 2. The zero-order valence-electron chi connectivity index (χ0n) is 15.6. The van der Waals surface area contributed by atoms with Crippen molar-refractivity contribution in [2.75, 3.05) is 0 Å². The fourth-order valence-electron chi connectivity index (χ4n) is 3.53. The molecule has 5 nitrogen and oxygen atoms in total. The molecule has 9 heteroatoms. The van der Waals surface area contributed by atoms with Crippen LogP contribution in [-0.2, 0) is 11.0 Å². The highest BCUT2D eigenvalue weighted by atomic mass is 35.5. The lowest BCUT2D eigenvalue weighted by Crippen LogP contribution is -2.15. The van der Waals surface area contributed by atoms with Crippen LogP contribution >= 0.6 is 11.6 Å². The van der Waals surface area contributed by atoms with Crippen LogP contribution in [-0.4, -0.2) is 16.8 Å². The number of rotatable bonds is 3. The molecule has 2 aromatic carbocycles. The fourth-order valence-corrected chi connectivity index (χ4v) is 3.70. The number of carbonyl (C=O) groups is 1.